The van der Waals surface area contributed by atoms with Crippen molar-refractivity contribution in [2.24, 2.45) is 0 Å². The van der Waals surface area contributed by atoms with Gasteiger partial charge in [0.15, 0.2) is 0 Å². The first-order chi connectivity index (χ1) is 9.39. The second kappa shape index (κ2) is 5.64. The van der Waals surface area contributed by atoms with E-state index in [0.717, 1.165) is 6.07 Å². The van der Waals surface area contributed by atoms with Crippen LogP contribution in [0.15, 0.2) is 24.3 Å². The summed E-state index contributed by atoms with van der Waals surface area (Å²) in [6.07, 6.45) is -3.47. The van der Waals surface area contributed by atoms with Crippen LogP contribution >= 0.6 is 0 Å². The van der Waals surface area contributed by atoms with Gasteiger partial charge < -0.3 is 4.90 Å². The van der Waals surface area contributed by atoms with Gasteiger partial charge in [0.1, 0.15) is 5.78 Å². The molecule has 1 aliphatic heterocycles. The molecule has 1 heterocycles. The van der Waals surface area contributed by atoms with Crippen LogP contribution in [-0.2, 0) is 11.0 Å². The van der Waals surface area contributed by atoms with Crippen molar-refractivity contribution in [3.63, 3.8) is 0 Å². The zero-order valence-electron chi connectivity index (χ0n) is 10.7. The third-order valence-electron chi connectivity index (χ3n) is 3.29. The summed E-state index contributed by atoms with van der Waals surface area (Å²) in [5, 5.41) is 0. The molecule has 1 amide bonds. The van der Waals surface area contributed by atoms with Crippen molar-refractivity contribution in [3.8, 4) is 0 Å². The summed E-state index contributed by atoms with van der Waals surface area (Å²) in [4.78, 5) is 24.9. The Morgan fingerprint density at radius 2 is 1.80 bits per heavy atom. The highest BCUT2D eigenvalue weighted by Crippen LogP contribution is 2.32. The van der Waals surface area contributed by atoms with Crippen LogP contribution in [0.3, 0.4) is 0 Å². The van der Waals surface area contributed by atoms with E-state index in [2.05, 4.69) is 0 Å². The van der Waals surface area contributed by atoms with E-state index >= 15 is 0 Å². The van der Waals surface area contributed by atoms with E-state index in [1.54, 1.807) is 0 Å². The number of ketones is 1. The molecule has 0 N–H and O–H groups in total. The third kappa shape index (κ3) is 3.18. The minimum absolute atomic E-state index is 0.0457. The Hall–Kier alpha value is -1.85. The maximum atomic E-state index is 12.9. The van der Waals surface area contributed by atoms with E-state index in [0.29, 0.717) is 19.4 Å². The molecule has 0 bridgehead atoms. The first-order valence-corrected chi connectivity index (χ1v) is 6.37. The fourth-order valence-corrected chi connectivity index (χ4v) is 2.25. The van der Waals surface area contributed by atoms with Crippen LogP contribution < -0.4 is 0 Å². The van der Waals surface area contributed by atoms with Crippen LogP contribution in [0.2, 0.25) is 0 Å². The maximum absolute atomic E-state index is 12.9. The van der Waals surface area contributed by atoms with Crippen LogP contribution in [0.5, 0.6) is 0 Å². The molecular weight excluding hydrogens is 271 g/mol. The van der Waals surface area contributed by atoms with Crippen LogP contribution in [0.25, 0.3) is 0 Å². The molecule has 0 unspecified atom stereocenters. The molecule has 1 saturated heterocycles. The number of halogens is 3. The lowest BCUT2D eigenvalue weighted by Gasteiger charge is -2.22. The van der Waals surface area contributed by atoms with Gasteiger partial charge in [0.05, 0.1) is 11.1 Å². The van der Waals surface area contributed by atoms with Crippen molar-refractivity contribution in [1.29, 1.82) is 0 Å². The molecule has 1 aromatic rings. The number of rotatable bonds is 1. The van der Waals surface area contributed by atoms with Gasteiger partial charge >= 0.3 is 6.18 Å². The van der Waals surface area contributed by atoms with Crippen LogP contribution in [0.1, 0.15) is 35.2 Å². The summed E-state index contributed by atoms with van der Waals surface area (Å²) in [5.41, 5.74) is -1.28. The van der Waals surface area contributed by atoms with E-state index in [1.807, 2.05) is 0 Å². The number of likely N-dealkylation sites (tertiary alicyclic amines) is 1. The zero-order chi connectivity index (χ0) is 14.8. The quantitative estimate of drug-likeness (QED) is 0.795. The second-order valence-corrected chi connectivity index (χ2v) is 4.73. The monoisotopic (exact) mass is 285 g/mol. The van der Waals surface area contributed by atoms with E-state index < -0.39 is 17.6 Å². The minimum atomic E-state index is -4.56. The summed E-state index contributed by atoms with van der Waals surface area (Å²) < 4.78 is 38.7. The van der Waals surface area contributed by atoms with Gasteiger partial charge in [-0.3, -0.25) is 9.59 Å². The number of amides is 1. The molecule has 2 rings (SSSR count). The molecule has 108 valence electrons. The number of nitrogens with zero attached hydrogens (tertiary/aromatic N) is 1. The maximum Gasteiger partial charge on any atom is 0.417 e. The van der Waals surface area contributed by atoms with Crippen molar-refractivity contribution in [2.75, 3.05) is 13.1 Å². The smallest absolute Gasteiger partial charge is 0.338 e. The van der Waals surface area contributed by atoms with Crippen molar-refractivity contribution < 1.29 is 22.8 Å². The van der Waals surface area contributed by atoms with Crippen molar-refractivity contribution >= 4 is 11.7 Å². The van der Waals surface area contributed by atoms with E-state index in [1.165, 1.54) is 23.1 Å². The molecule has 0 aromatic heterocycles. The van der Waals surface area contributed by atoms with Gasteiger partial charge in [0.25, 0.3) is 5.91 Å². The molecule has 0 saturated carbocycles. The lowest BCUT2D eigenvalue weighted by Crippen LogP contribution is -2.33. The fourth-order valence-electron chi connectivity index (χ4n) is 2.25. The summed E-state index contributed by atoms with van der Waals surface area (Å²) in [7, 11) is 0. The Kier molecular flexibility index (Phi) is 4.11. The predicted molar refractivity (Wildman–Crippen MR) is 66.2 cm³/mol. The zero-order valence-corrected chi connectivity index (χ0v) is 10.7. The van der Waals surface area contributed by atoms with Crippen LogP contribution in [0, 0.1) is 0 Å². The predicted octanol–water partition coefficient (Wildman–Crippen LogP) is 2.90. The number of alkyl halides is 3. The Balaban J connectivity index is 2.27. The Labute approximate surface area is 114 Å². The van der Waals surface area contributed by atoms with Crippen molar-refractivity contribution in [3.05, 3.63) is 35.4 Å². The number of carbonyl (C=O) groups excluding carboxylic acids is 2. The standard InChI is InChI=1S/C14H14F3NO2/c15-14(16,17)12-6-2-1-5-11(12)13(20)18-8-3-4-10(19)7-9-18/h1-2,5-6H,3-4,7-9H2. The molecule has 0 spiro atoms. The molecule has 1 fully saturated rings. The lowest BCUT2D eigenvalue weighted by molar-refractivity contribution is -0.138. The second-order valence-electron chi connectivity index (χ2n) is 4.73. The molecular formula is C14H14F3NO2. The highest BCUT2D eigenvalue weighted by molar-refractivity contribution is 5.96. The number of benzene rings is 1. The van der Waals surface area contributed by atoms with E-state index in [4.69, 9.17) is 0 Å². The number of hydrogen-bond acceptors (Lipinski definition) is 2. The largest absolute Gasteiger partial charge is 0.417 e. The van der Waals surface area contributed by atoms with E-state index in [9.17, 15) is 22.8 Å². The van der Waals surface area contributed by atoms with Crippen LogP contribution in [0.4, 0.5) is 13.2 Å². The van der Waals surface area contributed by atoms with Gasteiger partial charge in [-0.25, -0.2) is 0 Å². The highest BCUT2D eigenvalue weighted by Gasteiger charge is 2.36. The summed E-state index contributed by atoms with van der Waals surface area (Å²) in [5.74, 6) is -0.614. The molecule has 1 aliphatic rings. The first-order valence-electron chi connectivity index (χ1n) is 6.37. The SMILES string of the molecule is O=C1CCCN(C(=O)c2ccccc2C(F)(F)F)CC1. The van der Waals surface area contributed by atoms with Gasteiger partial charge in [0.2, 0.25) is 0 Å². The first kappa shape index (κ1) is 14.6. The molecule has 6 heteroatoms. The molecule has 3 nitrogen and oxygen atoms in total. The average Bonchev–Trinajstić information content (AvgIpc) is 2.62. The Bertz CT molecular complexity index is 525. The van der Waals surface area contributed by atoms with Crippen molar-refractivity contribution in [1.82, 2.24) is 4.90 Å². The van der Waals surface area contributed by atoms with Gasteiger partial charge in [-0.15, -0.1) is 0 Å². The van der Waals surface area contributed by atoms with E-state index in [-0.39, 0.29) is 24.3 Å². The molecule has 20 heavy (non-hydrogen) atoms. The molecule has 0 atom stereocenters. The Morgan fingerprint density at radius 1 is 1.10 bits per heavy atom. The number of carbonyl (C=O) groups is 2. The lowest BCUT2D eigenvalue weighted by atomic mass is 10.1. The third-order valence-corrected chi connectivity index (χ3v) is 3.29. The topological polar surface area (TPSA) is 37.4 Å². The van der Waals surface area contributed by atoms with Gasteiger partial charge in [-0.1, -0.05) is 12.1 Å². The number of hydrogen-bond donors (Lipinski definition) is 0. The summed E-state index contributed by atoms with van der Waals surface area (Å²) in [6, 6.07) is 4.74. The normalized spacial score (nSPS) is 16.9. The van der Waals surface area contributed by atoms with Crippen molar-refractivity contribution in [2.45, 2.75) is 25.4 Å². The summed E-state index contributed by atoms with van der Waals surface area (Å²) in [6.45, 7) is 0.501. The number of Topliss-reactive ketones (excluding diaryl/α,β-unsaturated/α-hetero) is 1. The van der Waals surface area contributed by atoms with Gasteiger partial charge in [-0.05, 0) is 18.6 Å². The van der Waals surface area contributed by atoms with Gasteiger partial charge in [0, 0.05) is 25.9 Å². The Morgan fingerprint density at radius 3 is 2.50 bits per heavy atom. The minimum Gasteiger partial charge on any atom is -0.338 e. The average molecular weight is 285 g/mol. The fraction of sp³-hybridized carbons (Fsp3) is 0.429. The molecule has 0 radical (unpaired) electrons. The molecule has 0 aliphatic carbocycles. The van der Waals surface area contributed by atoms with Gasteiger partial charge in [-0.2, -0.15) is 13.2 Å². The highest BCUT2D eigenvalue weighted by atomic mass is 19.4. The molecule has 1 aromatic carbocycles. The van der Waals surface area contributed by atoms with Crippen LogP contribution in [-0.4, -0.2) is 29.7 Å². The summed E-state index contributed by atoms with van der Waals surface area (Å²) >= 11 is 0.